The molecule has 0 aliphatic carbocycles. The van der Waals surface area contributed by atoms with Crippen molar-refractivity contribution in [1.82, 2.24) is 4.98 Å². The van der Waals surface area contributed by atoms with Gasteiger partial charge in [0, 0.05) is 19.2 Å². The van der Waals surface area contributed by atoms with Crippen molar-refractivity contribution in [2.45, 2.75) is 19.9 Å². The fraction of sp³-hybridized carbons (Fsp3) is 0.333. The van der Waals surface area contributed by atoms with Gasteiger partial charge >= 0.3 is 0 Å². The number of anilines is 1. The van der Waals surface area contributed by atoms with E-state index >= 15 is 0 Å². The molecule has 0 fully saturated rings. The molecule has 0 aliphatic rings. The van der Waals surface area contributed by atoms with Gasteiger partial charge in [-0.2, -0.15) is 0 Å². The van der Waals surface area contributed by atoms with Gasteiger partial charge in [0.05, 0.1) is 0 Å². The van der Waals surface area contributed by atoms with Crippen molar-refractivity contribution in [3.05, 3.63) is 23.9 Å². The van der Waals surface area contributed by atoms with E-state index in [1.165, 1.54) is 6.92 Å². The van der Waals surface area contributed by atoms with Crippen LogP contribution < -0.4 is 11.1 Å². The number of rotatable bonds is 2. The van der Waals surface area contributed by atoms with Crippen LogP contribution in [0.3, 0.4) is 0 Å². The summed E-state index contributed by atoms with van der Waals surface area (Å²) in [4.78, 5) is 14.7. The second-order valence-electron chi connectivity index (χ2n) is 2.95. The van der Waals surface area contributed by atoms with Crippen LogP contribution in [-0.2, 0) is 4.79 Å². The van der Waals surface area contributed by atoms with E-state index in [1.54, 1.807) is 12.3 Å². The molecule has 0 radical (unpaired) electrons. The molecule has 0 saturated heterocycles. The minimum Gasteiger partial charge on any atom is -0.324 e. The molecule has 3 N–H and O–H groups in total. The zero-order chi connectivity index (χ0) is 9.84. The van der Waals surface area contributed by atoms with Gasteiger partial charge in [0.15, 0.2) is 0 Å². The highest BCUT2D eigenvalue weighted by molar-refractivity contribution is 5.87. The number of nitrogens with one attached hydrogen (secondary N) is 1. The summed E-state index contributed by atoms with van der Waals surface area (Å²) in [5, 5.41) is 2.58. The van der Waals surface area contributed by atoms with E-state index < -0.39 is 0 Å². The third-order valence-electron chi connectivity index (χ3n) is 1.62. The quantitative estimate of drug-likeness (QED) is 0.713. The van der Waals surface area contributed by atoms with Crippen LogP contribution in [0.4, 0.5) is 5.82 Å². The smallest absolute Gasteiger partial charge is 0.222 e. The van der Waals surface area contributed by atoms with Gasteiger partial charge in [0.2, 0.25) is 5.91 Å². The molecule has 4 nitrogen and oxygen atoms in total. The summed E-state index contributed by atoms with van der Waals surface area (Å²) in [5.41, 5.74) is 6.59. The first-order valence-electron chi connectivity index (χ1n) is 4.08. The predicted molar refractivity (Wildman–Crippen MR) is 51.1 cm³/mol. The number of hydrogen-bond acceptors (Lipinski definition) is 3. The number of carbonyl (C=O) groups is 1. The SMILES string of the molecule is CC(=O)Nc1ccc([C@H](C)N)cn1. The van der Waals surface area contributed by atoms with Crippen molar-refractivity contribution in [1.29, 1.82) is 0 Å². The average Bonchev–Trinajstić information content (AvgIpc) is 2.04. The van der Waals surface area contributed by atoms with Crippen LogP contribution in [0, 0.1) is 0 Å². The maximum Gasteiger partial charge on any atom is 0.222 e. The summed E-state index contributed by atoms with van der Waals surface area (Å²) >= 11 is 0. The monoisotopic (exact) mass is 179 g/mol. The minimum atomic E-state index is -0.124. The molecule has 0 aliphatic heterocycles. The zero-order valence-corrected chi connectivity index (χ0v) is 7.74. The second-order valence-corrected chi connectivity index (χ2v) is 2.95. The highest BCUT2D eigenvalue weighted by Gasteiger charge is 2.00. The normalized spacial score (nSPS) is 12.2. The molecular weight excluding hydrogens is 166 g/mol. The van der Waals surface area contributed by atoms with Crippen LogP contribution in [0.15, 0.2) is 18.3 Å². The fourth-order valence-electron chi connectivity index (χ4n) is 0.929. The van der Waals surface area contributed by atoms with E-state index in [9.17, 15) is 4.79 Å². The number of hydrogen-bond donors (Lipinski definition) is 2. The van der Waals surface area contributed by atoms with Gasteiger partial charge < -0.3 is 11.1 Å². The summed E-state index contributed by atoms with van der Waals surface area (Å²) in [6.07, 6.45) is 1.66. The number of nitrogens with two attached hydrogens (primary N) is 1. The predicted octanol–water partition coefficient (Wildman–Crippen LogP) is 1.06. The molecule has 1 atom stereocenters. The first kappa shape index (κ1) is 9.67. The van der Waals surface area contributed by atoms with Crippen LogP contribution in [0.25, 0.3) is 0 Å². The van der Waals surface area contributed by atoms with Crippen molar-refractivity contribution in [3.63, 3.8) is 0 Å². The molecule has 0 unspecified atom stereocenters. The van der Waals surface area contributed by atoms with Crippen LogP contribution in [0.5, 0.6) is 0 Å². The Morgan fingerprint density at radius 2 is 2.31 bits per heavy atom. The van der Waals surface area contributed by atoms with Crippen molar-refractivity contribution >= 4 is 11.7 Å². The van der Waals surface area contributed by atoms with Crippen LogP contribution in [0.1, 0.15) is 25.5 Å². The van der Waals surface area contributed by atoms with Gasteiger partial charge in [-0.15, -0.1) is 0 Å². The molecule has 1 amide bonds. The van der Waals surface area contributed by atoms with Crippen LogP contribution in [-0.4, -0.2) is 10.9 Å². The highest BCUT2D eigenvalue weighted by atomic mass is 16.1. The van der Waals surface area contributed by atoms with Gasteiger partial charge in [0.1, 0.15) is 5.82 Å². The number of nitrogens with zero attached hydrogens (tertiary/aromatic N) is 1. The molecule has 0 bridgehead atoms. The Morgan fingerprint density at radius 3 is 2.69 bits per heavy atom. The molecule has 13 heavy (non-hydrogen) atoms. The van der Waals surface area contributed by atoms with Gasteiger partial charge in [-0.1, -0.05) is 6.07 Å². The number of carbonyl (C=O) groups excluding carboxylic acids is 1. The number of aromatic nitrogens is 1. The molecule has 0 saturated carbocycles. The third kappa shape index (κ3) is 2.83. The van der Waals surface area contributed by atoms with E-state index in [0.29, 0.717) is 5.82 Å². The van der Waals surface area contributed by atoms with Crippen LogP contribution >= 0.6 is 0 Å². The van der Waals surface area contributed by atoms with E-state index in [-0.39, 0.29) is 11.9 Å². The van der Waals surface area contributed by atoms with Crippen molar-refractivity contribution < 1.29 is 4.79 Å². The van der Waals surface area contributed by atoms with Gasteiger partial charge in [-0.25, -0.2) is 4.98 Å². The molecule has 1 heterocycles. The first-order chi connectivity index (χ1) is 6.09. The Balaban J connectivity index is 2.75. The number of pyridine rings is 1. The minimum absolute atomic E-state index is 0.0288. The molecule has 1 aromatic heterocycles. The number of amides is 1. The summed E-state index contributed by atoms with van der Waals surface area (Å²) in [5.74, 6) is 0.429. The molecule has 4 heteroatoms. The third-order valence-corrected chi connectivity index (χ3v) is 1.62. The Hall–Kier alpha value is -1.42. The van der Waals surface area contributed by atoms with E-state index in [4.69, 9.17) is 5.73 Å². The van der Waals surface area contributed by atoms with Crippen molar-refractivity contribution in [2.24, 2.45) is 5.73 Å². The molecule has 1 rings (SSSR count). The fourth-order valence-corrected chi connectivity index (χ4v) is 0.929. The van der Waals surface area contributed by atoms with Gasteiger partial charge in [-0.3, -0.25) is 4.79 Å². The topological polar surface area (TPSA) is 68.0 Å². The molecule has 70 valence electrons. The maximum atomic E-state index is 10.7. The van der Waals surface area contributed by atoms with Crippen LogP contribution in [0.2, 0.25) is 0 Å². The maximum absolute atomic E-state index is 10.7. The summed E-state index contributed by atoms with van der Waals surface area (Å²) in [6.45, 7) is 3.33. The molecule has 1 aromatic rings. The van der Waals surface area contributed by atoms with E-state index in [1.807, 2.05) is 13.0 Å². The highest BCUT2D eigenvalue weighted by Crippen LogP contribution is 2.10. The Bertz CT molecular complexity index is 292. The lowest BCUT2D eigenvalue weighted by Crippen LogP contribution is -2.09. The Kier molecular flexibility index (Phi) is 2.97. The summed E-state index contributed by atoms with van der Waals surface area (Å²) in [6, 6.07) is 3.56. The van der Waals surface area contributed by atoms with Crippen molar-refractivity contribution in [3.8, 4) is 0 Å². The largest absolute Gasteiger partial charge is 0.324 e. The molecule has 0 spiro atoms. The second kappa shape index (κ2) is 4.00. The van der Waals surface area contributed by atoms with Gasteiger partial charge in [-0.05, 0) is 18.6 Å². The molecule has 0 aromatic carbocycles. The Morgan fingerprint density at radius 1 is 1.62 bits per heavy atom. The summed E-state index contributed by atoms with van der Waals surface area (Å²) < 4.78 is 0. The van der Waals surface area contributed by atoms with Crippen molar-refractivity contribution in [2.75, 3.05) is 5.32 Å². The molecular formula is C9H13N3O. The lowest BCUT2D eigenvalue weighted by atomic mass is 10.2. The van der Waals surface area contributed by atoms with E-state index in [2.05, 4.69) is 10.3 Å². The lowest BCUT2D eigenvalue weighted by molar-refractivity contribution is -0.114. The Labute approximate surface area is 77.2 Å². The zero-order valence-electron chi connectivity index (χ0n) is 7.74. The standard InChI is InChI=1S/C9H13N3O/c1-6(10)8-3-4-9(11-5-8)12-7(2)13/h3-6H,10H2,1-2H3,(H,11,12,13)/t6-/m0/s1. The average molecular weight is 179 g/mol. The van der Waals surface area contributed by atoms with E-state index in [0.717, 1.165) is 5.56 Å². The lowest BCUT2D eigenvalue weighted by Gasteiger charge is -2.05. The summed E-state index contributed by atoms with van der Waals surface area (Å²) in [7, 11) is 0. The first-order valence-corrected chi connectivity index (χ1v) is 4.08. The van der Waals surface area contributed by atoms with Gasteiger partial charge in [0.25, 0.3) is 0 Å².